The van der Waals surface area contributed by atoms with E-state index in [-0.39, 0.29) is 12.4 Å². The van der Waals surface area contributed by atoms with Gasteiger partial charge >= 0.3 is 0 Å². The Balaban J connectivity index is 1.58. The van der Waals surface area contributed by atoms with Crippen molar-refractivity contribution in [2.45, 2.75) is 6.61 Å². The minimum Gasteiger partial charge on any atom is -0.507 e. The Morgan fingerprint density at radius 3 is 2.48 bits per heavy atom. The van der Waals surface area contributed by atoms with Crippen molar-refractivity contribution in [3.8, 4) is 40.0 Å². The fraction of sp³-hybridized carbons (Fsp3) is 0.0833. The summed E-state index contributed by atoms with van der Waals surface area (Å²) in [4.78, 5) is 8.35. The van der Waals surface area contributed by atoms with Crippen molar-refractivity contribution in [1.82, 2.24) is 9.97 Å². The number of benzene rings is 3. The molecule has 1 N–H and O–H groups in total. The van der Waals surface area contributed by atoms with Crippen LogP contribution in [0.4, 0.5) is 0 Å². The van der Waals surface area contributed by atoms with Crippen LogP contribution in [0.1, 0.15) is 5.56 Å². The van der Waals surface area contributed by atoms with Crippen LogP contribution in [0.2, 0.25) is 5.02 Å². The van der Waals surface area contributed by atoms with Crippen LogP contribution < -0.4 is 14.2 Å². The molecule has 0 aliphatic rings. The molecule has 0 unspecified atom stereocenters. The maximum absolute atomic E-state index is 10.6. The highest BCUT2D eigenvalue weighted by atomic mass is 35.5. The van der Waals surface area contributed by atoms with Crippen molar-refractivity contribution in [3.63, 3.8) is 0 Å². The Kier molecular flexibility index (Phi) is 6.19. The highest BCUT2D eigenvalue weighted by Crippen LogP contribution is 2.39. The molecule has 0 bridgehead atoms. The van der Waals surface area contributed by atoms with Crippen LogP contribution in [0.25, 0.3) is 11.3 Å². The zero-order valence-electron chi connectivity index (χ0n) is 16.7. The van der Waals surface area contributed by atoms with Crippen LogP contribution in [-0.4, -0.2) is 22.2 Å². The van der Waals surface area contributed by atoms with Gasteiger partial charge in [-0.15, -0.1) is 0 Å². The van der Waals surface area contributed by atoms with Crippen molar-refractivity contribution in [3.05, 3.63) is 89.8 Å². The Morgan fingerprint density at radius 2 is 1.71 bits per heavy atom. The van der Waals surface area contributed by atoms with Gasteiger partial charge in [-0.05, 0) is 30.3 Å². The van der Waals surface area contributed by atoms with Gasteiger partial charge in [0.2, 0.25) is 0 Å². The summed E-state index contributed by atoms with van der Waals surface area (Å²) >= 11 is 6.17. The van der Waals surface area contributed by atoms with E-state index in [0.717, 1.165) is 5.56 Å². The van der Waals surface area contributed by atoms with E-state index in [9.17, 15) is 5.11 Å². The average Bonchev–Trinajstić information content (AvgIpc) is 2.80. The second-order valence-electron chi connectivity index (χ2n) is 6.55. The van der Waals surface area contributed by atoms with Gasteiger partial charge in [-0.25, -0.2) is 9.97 Å². The van der Waals surface area contributed by atoms with Crippen LogP contribution in [0.5, 0.6) is 28.7 Å². The molecule has 0 saturated heterocycles. The molecule has 156 valence electrons. The fourth-order valence-corrected chi connectivity index (χ4v) is 3.18. The van der Waals surface area contributed by atoms with Crippen molar-refractivity contribution in [1.29, 1.82) is 0 Å². The minimum atomic E-state index is 0.000218. The molecule has 0 aliphatic carbocycles. The van der Waals surface area contributed by atoms with E-state index in [0.29, 0.717) is 39.3 Å². The predicted molar refractivity (Wildman–Crippen MR) is 118 cm³/mol. The summed E-state index contributed by atoms with van der Waals surface area (Å²) < 4.78 is 17.1. The van der Waals surface area contributed by atoms with Gasteiger partial charge in [0.05, 0.1) is 13.3 Å². The summed E-state index contributed by atoms with van der Waals surface area (Å²) in [6.07, 6.45) is 2.93. The molecule has 0 radical (unpaired) electrons. The lowest BCUT2D eigenvalue weighted by atomic mass is 10.1. The van der Waals surface area contributed by atoms with Gasteiger partial charge in [0, 0.05) is 22.2 Å². The highest BCUT2D eigenvalue weighted by Gasteiger charge is 2.16. The monoisotopic (exact) mass is 434 g/mol. The van der Waals surface area contributed by atoms with Crippen molar-refractivity contribution < 1.29 is 19.3 Å². The van der Waals surface area contributed by atoms with Crippen LogP contribution in [-0.2, 0) is 6.61 Å². The van der Waals surface area contributed by atoms with Gasteiger partial charge in [-0.3, -0.25) is 0 Å². The lowest BCUT2D eigenvalue weighted by Crippen LogP contribution is -1.97. The Labute approximate surface area is 184 Å². The first-order valence-corrected chi connectivity index (χ1v) is 9.84. The largest absolute Gasteiger partial charge is 0.507 e. The molecule has 31 heavy (non-hydrogen) atoms. The number of nitrogens with zero attached hydrogens (tertiary/aromatic N) is 2. The smallest absolute Gasteiger partial charge is 0.172 e. The van der Waals surface area contributed by atoms with Crippen LogP contribution in [0, 0.1) is 0 Å². The minimum absolute atomic E-state index is 0.000218. The van der Waals surface area contributed by atoms with E-state index in [2.05, 4.69) is 9.97 Å². The maximum Gasteiger partial charge on any atom is 0.172 e. The SMILES string of the molecule is COc1ccccc1Oc1cncnc1-c1ccc(OCc2ccccc2Cl)cc1O. The fourth-order valence-electron chi connectivity index (χ4n) is 2.99. The molecule has 7 heteroatoms. The Morgan fingerprint density at radius 1 is 0.935 bits per heavy atom. The van der Waals surface area contributed by atoms with Crippen molar-refractivity contribution in [2.75, 3.05) is 7.11 Å². The number of phenolic OH excluding ortho intramolecular Hbond substituents is 1. The van der Waals surface area contributed by atoms with E-state index in [1.165, 1.54) is 18.6 Å². The normalized spacial score (nSPS) is 10.5. The number of ether oxygens (including phenoxy) is 3. The van der Waals surface area contributed by atoms with Gasteiger partial charge in [0.15, 0.2) is 17.2 Å². The third kappa shape index (κ3) is 4.70. The summed E-state index contributed by atoms with van der Waals surface area (Å²) in [5.74, 6) is 1.97. The van der Waals surface area contributed by atoms with Gasteiger partial charge in [-0.1, -0.05) is 41.9 Å². The van der Waals surface area contributed by atoms with E-state index in [1.807, 2.05) is 30.3 Å². The first-order valence-electron chi connectivity index (χ1n) is 9.46. The molecule has 6 nitrogen and oxygen atoms in total. The summed E-state index contributed by atoms with van der Waals surface area (Å²) in [5.41, 5.74) is 1.78. The third-order valence-corrected chi connectivity index (χ3v) is 4.91. The van der Waals surface area contributed by atoms with E-state index in [1.54, 1.807) is 37.4 Å². The molecular formula is C24H19ClN2O4. The molecule has 0 atom stereocenters. The predicted octanol–water partition coefficient (Wildman–Crippen LogP) is 5.88. The summed E-state index contributed by atoms with van der Waals surface area (Å²) in [7, 11) is 1.57. The molecule has 1 aromatic heterocycles. The second-order valence-corrected chi connectivity index (χ2v) is 6.95. The van der Waals surface area contributed by atoms with Gasteiger partial charge in [-0.2, -0.15) is 0 Å². The molecule has 4 aromatic rings. The van der Waals surface area contributed by atoms with Crippen molar-refractivity contribution >= 4 is 11.6 Å². The number of rotatable bonds is 7. The molecule has 0 saturated carbocycles. The molecule has 0 aliphatic heterocycles. The molecule has 0 spiro atoms. The number of hydrogen-bond acceptors (Lipinski definition) is 6. The Hall–Kier alpha value is -3.77. The number of aromatic nitrogens is 2. The highest BCUT2D eigenvalue weighted by molar-refractivity contribution is 6.31. The van der Waals surface area contributed by atoms with E-state index in [4.69, 9.17) is 25.8 Å². The number of methoxy groups -OCH3 is 1. The number of aromatic hydroxyl groups is 1. The topological polar surface area (TPSA) is 73.7 Å². The first-order chi connectivity index (χ1) is 15.2. The molecule has 0 fully saturated rings. The first kappa shape index (κ1) is 20.5. The maximum atomic E-state index is 10.6. The molecule has 3 aromatic carbocycles. The average molecular weight is 435 g/mol. The number of phenols is 1. The molecule has 0 amide bonds. The summed E-state index contributed by atoms with van der Waals surface area (Å²) in [6, 6.07) is 19.7. The zero-order valence-corrected chi connectivity index (χ0v) is 17.4. The third-order valence-electron chi connectivity index (χ3n) is 4.54. The lowest BCUT2D eigenvalue weighted by Gasteiger charge is -2.14. The summed E-state index contributed by atoms with van der Waals surface area (Å²) in [6.45, 7) is 0.286. The molecular weight excluding hydrogens is 416 g/mol. The number of para-hydroxylation sites is 2. The van der Waals surface area contributed by atoms with Gasteiger partial charge < -0.3 is 19.3 Å². The van der Waals surface area contributed by atoms with Crippen molar-refractivity contribution in [2.24, 2.45) is 0 Å². The standard InChI is InChI=1S/C24H19ClN2O4/c1-29-21-8-4-5-9-22(21)31-23-13-26-15-27-24(23)18-11-10-17(12-20(18)28)30-14-16-6-2-3-7-19(16)25/h2-13,15,28H,14H2,1H3. The summed E-state index contributed by atoms with van der Waals surface area (Å²) in [5, 5.41) is 11.3. The van der Waals surface area contributed by atoms with Gasteiger partial charge in [0.25, 0.3) is 0 Å². The molecule has 4 rings (SSSR count). The van der Waals surface area contributed by atoms with E-state index < -0.39 is 0 Å². The zero-order chi connectivity index (χ0) is 21.6. The lowest BCUT2D eigenvalue weighted by molar-refractivity contribution is 0.304. The number of halogens is 1. The quantitative estimate of drug-likeness (QED) is 0.391. The van der Waals surface area contributed by atoms with Crippen LogP contribution in [0.3, 0.4) is 0 Å². The second kappa shape index (κ2) is 9.36. The van der Waals surface area contributed by atoms with E-state index >= 15 is 0 Å². The van der Waals surface area contributed by atoms with Crippen LogP contribution >= 0.6 is 11.6 Å². The van der Waals surface area contributed by atoms with Gasteiger partial charge in [0.1, 0.15) is 30.1 Å². The Bertz CT molecular complexity index is 1200. The van der Waals surface area contributed by atoms with Crippen LogP contribution in [0.15, 0.2) is 79.3 Å². The molecule has 1 heterocycles. The number of hydrogen-bond donors (Lipinski definition) is 1.